The Hall–Kier alpha value is 1.40. The molecule has 0 aromatic rings. The molecular formula is C11H11Br3O. The number of hydrogen-bond acceptors (Lipinski definition) is 1. The third-order valence-electron chi connectivity index (χ3n) is 6.34. The third kappa shape index (κ3) is 0.609. The molecule has 0 spiro atoms. The average Bonchev–Trinajstić information content (AvgIpc) is 2.81. The van der Waals surface area contributed by atoms with E-state index >= 15 is 0 Å². The Kier molecular flexibility index (Phi) is 1.35. The summed E-state index contributed by atoms with van der Waals surface area (Å²) in [6.45, 7) is 0. The molecule has 1 N–H and O–H groups in total. The van der Waals surface area contributed by atoms with Crippen LogP contribution in [0.3, 0.4) is 0 Å². The van der Waals surface area contributed by atoms with E-state index in [-0.39, 0.29) is 3.23 Å². The van der Waals surface area contributed by atoms with Gasteiger partial charge >= 0.3 is 0 Å². The van der Waals surface area contributed by atoms with E-state index in [1.54, 1.807) is 0 Å². The lowest BCUT2D eigenvalue weighted by atomic mass is 9.69. The molecule has 0 amide bonds. The summed E-state index contributed by atoms with van der Waals surface area (Å²) in [5.74, 6) is 4.93. The fraction of sp³-hybridized carbons (Fsp3) is 1.00. The van der Waals surface area contributed by atoms with Gasteiger partial charge in [-0.05, 0) is 41.9 Å². The highest BCUT2D eigenvalue weighted by molar-refractivity contribution is 9.25. The fourth-order valence-corrected chi connectivity index (χ4v) is 10.4. The molecule has 0 heterocycles. The quantitative estimate of drug-likeness (QED) is 0.622. The van der Waals surface area contributed by atoms with E-state index in [1.165, 1.54) is 6.42 Å². The van der Waals surface area contributed by atoms with Gasteiger partial charge in [-0.2, -0.15) is 0 Å². The van der Waals surface area contributed by atoms with E-state index in [0.29, 0.717) is 22.6 Å². The van der Waals surface area contributed by atoms with Crippen molar-refractivity contribution in [1.29, 1.82) is 0 Å². The largest absolute Gasteiger partial charge is 0.388 e. The first-order valence-electron chi connectivity index (χ1n) is 5.75. The summed E-state index contributed by atoms with van der Waals surface area (Å²) in [7, 11) is 0. The molecule has 4 heteroatoms. The molecule has 0 unspecified atom stereocenters. The summed E-state index contributed by atoms with van der Waals surface area (Å²) in [4.78, 5) is 0.363. The molecule has 0 saturated heterocycles. The SMILES string of the molecule is O[C@]12[C@@H]3[C@H]4C[C@@H]5[C@H]([C@H]4[C@@H]1Br)[C@H]2C(Br)(Br)[C@@H]53. The van der Waals surface area contributed by atoms with Gasteiger partial charge in [0.15, 0.2) is 0 Å². The lowest BCUT2D eigenvalue weighted by Crippen LogP contribution is -2.46. The predicted octanol–water partition coefficient (Wildman–Crippen LogP) is 2.74. The van der Waals surface area contributed by atoms with Gasteiger partial charge in [0.25, 0.3) is 0 Å². The highest BCUT2D eigenvalue weighted by Gasteiger charge is 2.91. The summed E-state index contributed by atoms with van der Waals surface area (Å²) in [6, 6.07) is 0. The third-order valence-corrected chi connectivity index (χ3v) is 9.73. The van der Waals surface area contributed by atoms with Crippen molar-refractivity contribution in [2.75, 3.05) is 0 Å². The highest BCUT2D eigenvalue weighted by Crippen LogP contribution is 2.89. The summed E-state index contributed by atoms with van der Waals surface area (Å²) in [5, 5.41) is 11.0. The Morgan fingerprint density at radius 1 is 1.07 bits per heavy atom. The van der Waals surface area contributed by atoms with Crippen LogP contribution < -0.4 is 0 Å². The van der Waals surface area contributed by atoms with Gasteiger partial charge in [0, 0.05) is 10.7 Å². The van der Waals surface area contributed by atoms with Gasteiger partial charge in [0.1, 0.15) is 0 Å². The fourth-order valence-electron chi connectivity index (χ4n) is 6.49. The second-order valence-electron chi connectivity index (χ2n) is 6.21. The molecule has 6 saturated carbocycles. The van der Waals surface area contributed by atoms with E-state index in [0.717, 1.165) is 23.7 Å². The number of halogens is 3. The lowest BCUT2D eigenvalue weighted by molar-refractivity contribution is -0.0514. The number of alkyl halides is 3. The van der Waals surface area contributed by atoms with Crippen molar-refractivity contribution < 1.29 is 5.11 Å². The van der Waals surface area contributed by atoms with Crippen LogP contribution in [-0.4, -0.2) is 18.8 Å². The summed E-state index contributed by atoms with van der Waals surface area (Å²) >= 11 is 11.6. The molecular weight excluding hydrogens is 388 g/mol. The van der Waals surface area contributed by atoms with Gasteiger partial charge in [-0.1, -0.05) is 47.8 Å². The Balaban J connectivity index is 1.88. The van der Waals surface area contributed by atoms with Crippen LogP contribution in [0, 0.1) is 41.4 Å². The molecule has 6 rings (SSSR count). The zero-order valence-corrected chi connectivity index (χ0v) is 12.7. The minimum atomic E-state index is -0.412. The Bertz CT molecular complexity index is 395. The molecule has 6 aliphatic rings. The van der Waals surface area contributed by atoms with Crippen LogP contribution in [0.4, 0.5) is 0 Å². The topological polar surface area (TPSA) is 20.2 Å². The minimum absolute atomic E-state index is 0.0424. The van der Waals surface area contributed by atoms with Crippen LogP contribution in [0.5, 0.6) is 0 Å². The van der Waals surface area contributed by atoms with Crippen molar-refractivity contribution >= 4 is 47.8 Å². The van der Waals surface area contributed by atoms with Crippen LogP contribution in [0.25, 0.3) is 0 Å². The molecule has 0 aromatic heterocycles. The Morgan fingerprint density at radius 2 is 1.73 bits per heavy atom. The normalized spacial score (nSPS) is 79.2. The van der Waals surface area contributed by atoms with Crippen molar-refractivity contribution in [1.82, 2.24) is 0 Å². The highest BCUT2D eigenvalue weighted by atomic mass is 79.9. The van der Waals surface area contributed by atoms with Gasteiger partial charge in [-0.25, -0.2) is 0 Å². The van der Waals surface area contributed by atoms with Crippen LogP contribution in [0.15, 0.2) is 0 Å². The summed E-state index contributed by atoms with van der Waals surface area (Å²) in [5.41, 5.74) is -0.412. The summed E-state index contributed by atoms with van der Waals surface area (Å²) < 4.78 is 0.0424. The second-order valence-corrected chi connectivity index (χ2v) is 10.9. The first-order valence-corrected chi connectivity index (χ1v) is 8.25. The monoisotopic (exact) mass is 396 g/mol. The molecule has 9 atom stereocenters. The molecule has 0 aliphatic heterocycles. The number of rotatable bonds is 0. The maximum Gasteiger partial charge on any atom is 0.0898 e. The number of hydrogen-bond donors (Lipinski definition) is 1. The molecule has 82 valence electrons. The van der Waals surface area contributed by atoms with Crippen LogP contribution in [0.2, 0.25) is 0 Å². The van der Waals surface area contributed by atoms with Crippen molar-refractivity contribution in [3.63, 3.8) is 0 Å². The maximum absolute atomic E-state index is 11.0. The van der Waals surface area contributed by atoms with E-state index in [4.69, 9.17) is 0 Å². The van der Waals surface area contributed by atoms with Gasteiger partial charge in [-0.3, -0.25) is 0 Å². The van der Waals surface area contributed by atoms with Crippen molar-refractivity contribution in [3.05, 3.63) is 0 Å². The van der Waals surface area contributed by atoms with Crippen LogP contribution in [0.1, 0.15) is 6.42 Å². The van der Waals surface area contributed by atoms with E-state index in [2.05, 4.69) is 47.8 Å². The van der Waals surface area contributed by atoms with Gasteiger partial charge in [-0.15, -0.1) is 0 Å². The first kappa shape index (κ1) is 9.35. The van der Waals surface area contributed by atoms with Crippen molar-refractivity contribution in [3.8, 4) is 0 Å². The summed E-state index contributed by atoms with van der Waals surface area (Å²) in [6.07, 6.45) is 1.38. The molecule has 0 radical (unpaired) electrons. The average molecular weight is 399 g/mol. The smallest absolute Gasteiger partial charge is 0.0898 e. The standard InChI is InChI=1S/C11H11Br3O/c12-9-5-3-1-2-4(5)8-10(9,15)6(3)7(2)11(8,13)14/h2-9,15H,1H2/t2-,3+,4-,5+,6-,7+,8-,9+,10+/m1/s1. The minimum Gasteiger partial charge on any atom is -0.388 e. The van der Waals surface area contributed by atoms with E-state index in [9.17, 15) is 5.11 Å². The Labute approximate surface area is 114 Å². The Morgan fingerprint density at radius 3 is 2.40 bits per heavy atom. The van der Waals surface area contributed by atoms with Crippen LogP contribution >= 0.6 is 47.8 Å². The lowest BCUT2D eigenvalue weighted by Gasteiger charge is -2.38. The zero-order valence-electron chi connectivity index (χ0n) is 7.91. The maximum atomic E-state index is 11.0. The predicted molar refractivity (Wildman–Crippen MR) is 67.3 cm³/mol. The van der Waals surface area contributed by atoms with Gasteiger partial charge in [0.2, 0.25) is 0 Å². The van der Waals surface area contributed by atoms with Crippen molar-refractivity contribution in [2.45, 2.75) is 20.1 Å². The zero-order chi connectivity index (χ0) is 10.3. The second kappa shape index (κ2) is 2.17. The van der Waals surface area contributed by atoms with Crippen LogP contribution in [-0.2, 0) is 0 Å². The van der Waals surface area contributed by atoms with E-state index in [1.807, 2.05) is 0 Å². The molecule has 15 heavy (non-hydrogen) atoms. The van der Waals surface area contributed by atoms with E-state index < -0.39 is 5.60 Å². The molecule has 1 nitrogen and oxygen atoms in total. The molecule has 0 aromatic carbocycles. The van der Waals surface area contributed by atoms with Gasteiger partial charge in [0.05, 0.1) is 8.83 Å². The molecule has 6 fully saturated rings. The molecule has 6 aliphatic carbocycles. The molecule has 6 bridgehead atoms. The number of aliphatic hydroxyl groups is 1. The van der Waals surface area contributed by atoms with Gasteiger partial charge < -0.3 is 5.11 Å². The first-order chi connectivity index (χ1) is 7.00. The van der Waals surface area contributed by atoms with Crippen molar-refractivity contribution in [2.24, 2.45) is 41.4 Å².